The number of anilines is 1. The summed E-state index contributed by atoms with van der Waals surface area (Å²) < 4.78 is 24.6. The molecule has 2 aromatic heterocycles. The van der Waals surface area contributed by atoms with Crippen LogP contribution in [0.25, 0.3) is 22.6 Å². The van der Waals surface area contributed by atoms with Crippen LogP contribution in [0.5, 0.6) is 5.75 Å². The Labute approximate surface area is 166 Å². The molecule has 0 amide bonds. The van der Waals surface area contributed by atoms with Gasteiger partial charge < -0.3 is 29.2 Å². The van der Waals surface area contributed by atoms with Crippen molar-refractivity contribution in [1.29, 1.82) is 0 Å². The van der Waals surface area contributed by atoms with Gasteiger partial charge in [-0.15, -0.1) is 0 Å². The molecule has 0 fully saturated rings. The summed E-state index contributed by atoms with van der Waals surface area (Å²) in [6.45, 7) is 0.483. The molecular weight excluding hydrogens is 393 g/mol. The highest BCUT2D eigenvalue weighted by atomic mass is 31.2. The minimum absolute atomic E-state index is 0.0361. The van der Waals surface area contributed by atoms with Gasteiger partial charge in [0, 0.05) is 6.54 Å². The van der Waals surface area contributed by atoms with E-state index in [2.05, 4.69) is 4.98 Å². The maximum absolute atomic E-state index is 11.9. The predicted octanol–water partition coefficient (Wildman–Crippen LogP) is 2.93. The standard InChI is InChI=1S/C20H20N3O5P/c1-27-16-8-3-2-5-13(16)9-11-23-15-7-4-6-14(21)18(15)22-20(23)19-17(10-12-28-19)29(24,25)26/h2-8,10,12H,9,11,21H2,1H3,(H2,24,25,26). The number of methoxy groups -OCH3 is 1. The molecule has 0 spiro atoms. The van der Waals surface area contributed by atoms with Crippen LogP contribution in [0.15, 0.2) is 59.2 Å². The number of para-hydroxylation sites is 2. The smallest absolute Gasteiger partial charge is 0.360 e. The number of nitrogens with two attached hydrogens (primary N) is 1. The summed E-state index contributed by atoms with van der Waals surface area (Å²) in [5.74, 6) is 1.12. The fourth-order valence-corrected chi connectivity index (χ4v) is 4.08. The fourth-order valence-electron chi connectivity index (χ4n) is 3.41. The minimum atomic E-state index is -4.54. The van der Waals surface area contributed by atoms with Gasteiger partial charge in [-0.1, -0.05) is 24.3 Å². The Hall–Kier alpha value is -3.06. The quantitative estimate of drug-likeness (QED) is 0.328. The van der Waals surface area contributed by atoms with Crippen molar-refractivity contribution < 1.29 is 23.5 Å². The number of aryl methyl sites for hydroxylation is 2. The molecule has 9 heteroatoms. The Kier molecular flexibility index (Phi) is 4.92. The van der Waals surface area contributed by atoms with E-state index in [4.69, 9.17) is 14.9 Å². The number of hydrogen-bond donors (Lipinski definition) is 3. The molecule has 0 aliphatic heterocycles. The lowest BCUT2D eigenvalue weighted by molar-refractivity contribution is 0.387. The van der Waals surface area contributed by atoms with E-state index in [0.717, 1.165) is 16.8 Å². The number of rotatable bonds is 6. The zero-order chi connectivity index (χ0) is 20.6. The Morgan fingerprint density at radius 3 is 2.72 bits per heavy atom. The first-order valence-electron chi connectivity index (χ1n) is 8.90. The number of furan rings is 1. The van der Waals surface area contributed by atoms with Crippen molar-refractivity contribution in [2.45, 2.75) is 13.0 Å². The molecule has 150 valence electrons. The van der Waals surface area contributed by atoms with Gasteiger partial charge in [-0.3, -0.25) is 4.57 Å². The van der Waals surface area contributed by atoms with E-state index in [-0.39, 0.29) is 11.1 Å². The average molecular weight is 413 g/mol. The molecule has 4 aromatic rings. The SMILES string of the molecule is COc1ccccc1CCn1c(-c2occc2P(=O)(O)O)nc2c(N)cccc21. The molecule has 0 radical (unpaired) electrons. The summed E-state index contributed by atoms with van der Waals surface area (Å²) in [6, 6.07) is 14.4. The number of hydrogen-bond acceptors (Lipinski definition) is 5. The maximum Gasteiger partial charge on any atom is 0.360 e. The molecule has 2 aromatic carbocycles. The van der Waals surface area contributed by atoms with E-state index in [1.165, 1.54) is 12.3 Å². The van der Waals surface area contributed by atoms with Gasteiger partial charge in [0.2, 0.25) is 0 Å². The number of benzene rings is 2. The molecule has 4 rings (SSSR count). The van der Waals surface area contributed by atoms with E-state index < -0.39 is 7.60 Å². The number of fused-ring (bicyclic) bond motifs is 1. The molecule has 2 heterocycles. The maximum atomic E-state index is 11.9. The second kappa shape index (κ2) is 7.40. The van der Waals surface area contributed by atoms with E-state index in [0.29, 0.717) is 30.0 Å². The molecule has 29 heavy (non-hydrogen) atoms. The fraction of sp³-hybridized carbons (Fsp3) is 0.150. The number of nitrogens with zero attached hydrogens (tertiary/aromatic N) is 2. The molecule has 0 atom stereocenters. The first-order valence-corrected chi connectivity index (χ1v) is 10.5. The van der Waals surface area contributed by atoms with Crippen LogP contribution in [0.4, 0.5) is 5.69 Å². The Balaban J connectivity index is 1.85. The predicted molar refractivity (Wildman–Crippen MR) is 110 cm³/mol. The van der Waals surface area contributed by atoms with Crippen LogP contribution in [0, 0.1) is 0 Å². The van der Waals surface area contributed by atoms with E-state index in [1.54, 1.807) is 13.2 Å². The van der Waals surface area contributed by atoms with Crippen LogP contribution in [0.3, 0.4) is 0 Å². The third-order valence-corrected chi connectivity index (χ3v) is 5.75. The molecule has 0 unspecified atom stereocenters. The van der Waals surface area contributed by atoms with Gasteiger partial charge in [0.05, 0.1) is 24.6 Å². The van der Waals surface area contributed by atoms with Crippen molar-refractivity contribution in [2.24, 2.45) is 0 Å². The van der Waals surface area contributed by atoms with Gasteiger partial charge in [-0.05, 0) is 36.2 Å². The molecule has 0 bridgehead atoms. The molecule has 0 saturated heterocycles. The largest absolute Gasteiger partial charge is 0.496 e. The van der Waals surface area contributed by atoms with Crippen LogP contribution in [0.1, 0.15) is 5.56 Å². The van der Waals surface area contributed by atoms with Gasteiger partial charge in [-0.2, -0.15) is 0 Å². The first kappa shape index (κ1) is 19.3. The Morgan fingerprint density at radius 2 is 1.97 bits per heavy atom. The van der Waals surface area contributed by atoms with Crippen molar-refractivity contribution in [1.82, 2.24) is 9.55 Å². The molecule has 4 N–H and O–H groups in total. The molecular formula is C20H20N3O5P. The molecule has 0 aliphatic rings. The average Bonchev–Trinajstić information content (AvgIpc) is 3.32. The summed E-state index contributed by atoms with van der Waals surface area (Å²) in [5.41, 5.74) is 8.87. The first-order chi connectivity index (χ1) is 13.9. The topological polar surface area (TPSA) is 124 Å². The van der Waals surface area contributed by atoms with Crippen LogP contribution >= 0.6 is 7.60 Å². The Morgan fingerprint density at radius 1 is 1.17 bits per heavy atom. The van der Waals surface area contributed by atoms with Crippen molar-refractivity contribution in [2.75, 3.05) is 12.8 Å². The highest BCUT2D eigenvalue weighted by Gasteiger charge is 2.29. The second-order valence-electron chi connectivity index (χ2n) is 6.54. The number of aromatic nitrogens is 2. The molecule has 0 aliphatic carbocycles. The van der Waals surface area contributed by atoms with Gasteiger partial charge >= 0.3 is 7.60 Å². The lowest BCUT2D eigenvalue weighted by Gasteiger charge is -2.12. The summed E-state index contributed by atoms with van der Waals surface area (Å²) in [5, 5.41) is -0.204. The summed E-state index contributed by atoms with van der Waals surface area (Å²) >= 11 is 0. The highest BCUT2D eigenvalue weighted by Crippen LogP contribution is 2.39. The van der Waals surface area contributed by atoms with Crippen LogP contribution < -0.4 is 15.8 Å². The number of ether oxygens (including phenoxy) is 1. The molecule has 8 nitrogen and oxygen atoms in total. The van der Waals surface area contributed by atoms with Gasteiger partial charge in [0.15, 0.2) is 11.6 Å². The normalized spacial score (nSPS) is 11.8. The van der Waals surface area contributed by atoms with Crippen LogP contribution in [0.2, 0.25) is 0 Å². The van der Waals surface area contributed by atoms with Crippen LogP contribution in [-0.2, 0) is 17.5 Å². The monoisotopic (exact) mass is 413 g/mol. The van der Waals surface area contributed by atoms with E-state index in [9.17, 15) is 14.4 Å². The Bertz CT molecular complexity index is 1220. The van der Waals surface area contributed by atoms with Crippen molar-refractivity contribution >= 4 is 29.6 Å². The number of nitrogen functional groups attached to an aromatic ring is 1. The zero-order valence-corrected chi connectivity index (χ0v) is 16.5. The summed E-state index contributed by atoms with van der Waals surface area (Å²) in [4.78, 5) is 23.9. The van der Waals surface area contributed by atoms with E-state index in [1.807, 2.05) is 41.0 Å². The van der Waals surface area contributed by atoms with E-state index >= 15 is 0 Å². The lowest BCUT2D eigenvalue weighted by Crippen LogP contribution is -2.09. The number of imidazole rings is 1. The lowest BCUT2D eigenvalue weighted by atomic mass is 10.1. The van der Waals surface area contributed by atoms with Gasteiger partial charge in [0.25, 0.3) is 0 Å². The van der Waals surface area contributed by atoms with Gasteiger partial charge in [0.1, 0.15) is 16.6 Å². The summed E-state index contributed by atoms with van der Waals surface area (Å²) in [7, 11) is -2.92. The molecule has 0 saturated carbocycles. The van der Waals surface area contributed by atoms with Crippen molar-refractivity contribution in [3.8, 4) is 17.3 Å². The second-order valence-corrected chi connectivity index (χ2v) is 8.11. The third kappa shape index (κ3) is 3.53. The van der Waals surface area contributed by atoms with Crippen LogP contribution in [-0.4, -0.2) is 26.4 Å². The third-order valence-electron chi connectivity index (χ3n) is 4.77. The highest BCUT2D eigenvalue weighted by molar-refractivity contribution is 7.60. The van der Waals surface area contributed by atoms with Crippen molar-refractivity contribution in [3.05, 3.63) is 60.4 Å². The van der Waals surface area contributed by atoms with Gasteiger partial charge in [-0.25, -0.2) is 4.98 Å². The zero-order valence-electron chi connectivity index (χ0n) is 15.6. The minimum Gasteiger partial charge on any atom is -0.496 e. The van der Waals surface area contributed by atoms with Crippen molar-refractivity contribution in [3.63, 3.8) is 0 Å². The summed E-state index contributed by atoms with van der Waals surface area (Å²) in [6.07, 6.45) is 1.86.